The molecular formula is C20H25N2O+. The fraction of sp³-hybridized carbons (Fsp3) is 0.400. The molecule has 1 unspecified atom stereocenters. The van der Waals surface area contributed by atoms with Crippen molar-refractivity contribution in [3.05, 3.63) is 59.7 Å². The van der Waals surface area contributed by atoms with E-state index in [1.54, 1.807) is 7.11 Å². The molecule has 3 heteroatoms. The van der Waals surface area contributed by atoms with E-state index in [4.69, 9.17) is 8.85 Å². The highest BCUT2D eigenvalue weighted by Gasteiger charge is 2.58. The number of rotatable bonds is 3. The molecule has 120 valence electrons. The lowest BCUT2D eigenvalue weighted by atomic mass is 9.81. The van der Waals surface area contributed by atoms with E-state index in [-0.39, 0.29) is 16.1 Å². The summed E-state index contributed by atoms with van der Waals surface area (Å²) in [7, 11) is 1.66. The molecule has 4 rings (SSSR count). The monoisotopic (exact) mass is 312 g/mol. The predicted octanol–water partition coefficient (Wildman–Crippen LogP) is 3.76. The largest absolute Gasteiger partial charge is 0.497 e. The van der Waals surface area contributed by atoms with Gasteiger partial charge >= 0.3 is 0 Å². The van der Waals surface area contributed by atoms with E-state index in [2.05, 4.69) is 18.3 Å². The van der Waals surface area contributed by atoms with Crippen LogP contribution in [0.4, 0.5) is 5.69 Å². The molecule has 0 bridgehead atoms. The van der Waals surface area contributed by atoms with Crippen LogP contribution >= 0.6 is 0 Å². The number of fused-ring (bicyclic) bond motifs is 3. The van der Waals surface area contributed by atoms with Gasteiger partial charge in [0.1, 0.15) is 12.3 Å². The molecule has 2 aromatic carbocycles. The molecule has 1 N–H and O–H groups in total. The Bertz CT molecular complexity index is 824. The minimum Gasteiger partial charge on any atom is -0.497 e. The highest BCUT2D eigenvalue weighted by molar-refractivity contribution is 5.63. The van der Waals surface area contributed by atoms with Gasteiger partial charge in [0.05, 0.1) is 30.2 Å². The molecule has 3 atom stereocenters. The van der Waals surface area contributed by atoms with Crippen molar-refractivity contribution in [2.75, 3.05) is 25.9 Å². The van der Waals surface area contributed by atoms with Gasteiger partial charge < -0.3 is 14.5 Å². The summed E-state index contributed by atoms with van der Waals surface area (Å²) in [5.41, 5.74) is 3.02. The van der Waals surface area contributed by atoms with Crippen molar-refractivity contribution in [1.29, 1.82) is 0 Å². The Balaban J connectivity index is 1.79. The average Bonchev–Trinajstić information content (AvgIpc) is 3.06. The zero-order chi connectivity index (χ0) is 18.6. The molecule has 2 aromatic rings. The third-order valence-electron chi connectivity index (χ3n) is 5.57. The first kappa shape index (κ1) is 11.5. The summed E-state index contributed by atoms with van der Waals surface area (Å²) >= 11 is 0. The molecule has 1 fully saturated rings. The van der Waals surface area contributed by atoms with Crippen molar-refractivity contribution in [2.45, 2.75) is 31.5 Å². The summed E-state index contributed by atoms with van der Waals surface area (Å²) in [6.45, 7) is 1.20. The van der Waals surface area contributed by atoms with Crippen LogP contribution in [0.25, 0.3) is 0 Å². The third kappa shape index (κ3) is 2.14. The van der Waals surface area contributed by atoms with Gasteiger partial charge in [0.15, 0.2) is 6.17 Å². The maximum Gasteiger partial charge on any atom is 0.172 e. The number of likely N-dealkylation sites (tertiary alicyclic amines) is 1. The second kappa shape index (κ2) is 5.00. The molecule has 2 aliphatic heterocycles. The Labute approximate surface area is 142 Å². The predicted molar refractivity (Wildman–Crippen MR) is 93.6 cm³/mol. The molecule has 0 radical (unpaired) electrons. The van der Waals surface area contributed by atoms with Gasteiger partial charge in [-0.05, 0) is 30.7 Å². The lowest BCUT2D eigenvalue weighted by Gasteiger charge is -2.38. The quantitative estimate of drug-likeness (QED) is 0.872. The first-order valence-electron chi connectivity index (χ1n) is 9.66. The number of hydrogen-bond donors (Lipinski definition) is 1. The fourth-order valence-electron chi connectivity index (χ4n) is 4.28. The van der Waals surface area contributed by atoms with E-state index in [9.17, 15) is 0 Å². The van der Waals surface area contributed by atoms with Gasteiger partial charge in [-0.15, -0.1) is 0 Å². The Morgan fingerprint density at radius 3 is 2.87 bits per heavy atom. The van der Waals surface area contributed by atoms with Crippen LogP contribution in [0.5, 0.6) is 5.75 Å². The first-order chi connectivity index (χ1) is 12.3. The van der Waals surface area contributed by atoms with Crippen molar-refractivity contribution in [3.8, 4) is 5.75 Å². The molecule has 0 aliphatic carbocycles. The third-order valence-corrected chi connectivity index (χ3v) is 5.57. The van der Waals surface area contributed by atoms with Crippen LogP contribution in [-0.2, 0) is 12.0 Å². The second-order valence-electron chi connectivity index (χ2n) is 7.03. The molecule has 2 heterocycles. The van der Waals surface area contributed by atoms with Crippen molar-refractivity contribution in [3.63, 3.8) is 0 Å². The number of hydrogen-bond acceptors (Lipinski definition) is 2. The lowest BCUT2D eigenvalue weighted by molar-refractivity contribution is -0.932. The molecule has 3 nitrogen and oxygen atoms in total. The second-order valence-corrected chi connectivity index (χ2v) is 7.03. The van der Waals surface area contributed by atoms with Gasteiger partial charge in [0.2, 0.25) is 0 Å². The highest BCUT2D eigenvalue weighted by Crippen LogP contribution is 2.52. The minimum absolute atomic E-state index is 0.0600. The highest BCUT2D eigenvalue weighted by atomic mass is 16.5. The van der Waals surface area contributed by atoms with Crippen LogP contribution in [0.15, 0.2) is 48.5 Å². The number of benzene rings is 2. The Kier molecular flexibility index (Phi) is 2.50. The molecule has 0 aromatic heterocycles. The smallest absolute Gasteiger partial charge is 0.172 e. The number of quaternary nitrogens is 1. The van der Waals surface area contributed by atoms with Crippen molar-refractivity contribution >= 4 is 5.69 Å². The number of anilines is 1. The van der Waals surface area contributed by atoms with Gasteiger partial charge in [-0.1, -0.05) is 30.3 Å². The molecule has 1 saturated heterocycles. The molecule has 0 saturated carbocycles. The standard InChI is InChI=1S/C20H25N2O/c1-20-11-12-22(2,14-15-7-5-4-6-8-15)19(20)21-18-10-9-16(23-3)13-17(18)20/h4-10,13,19,21H,11-12,14H2,1-3H3/q+1/t19-,20-,22?/m1/s1/i2D3. The number of nitrogens with one attached hydrogen (secondary N) is 1. The lowest BCUT2D eigenvalue weighted by Crippen LogP contribution is -2.54. The SMILES string of the molecule is [2H]C([2H])([2H])[N+]1(Cc2ccccc2)CC[C@]2(C)c3cc(OC)ccc3N[C@@H]21. The van der Waals surface area contributed by atoms with E-state index < -0.39 is 6.98 Å². The van der Waals surface area contributed by atoms with Crippen LogP contribution < -0.4 is 10.1 Å². The van der Waals surface area contributed by atoms with E-state index in [0.29, 0.717) is 13.1 Å². The topological polar surface area (TPSA) is 21.3 Å². The minimum atomic E-state index is -2.10. The molecule has 0 amide bonds. The number of likely N-dealkylation sites (N-methyl/N-ethyl adjacent to an activating group) is 1. The molecule has 0 spiro atoms. The maximum absolute atomic E-state index is 8.39. The van der Waals surface area contributed by atoms with E-state index in [1.807, 2.05) is 42.5 Å². The van der Waals surface area contributed by atoms with Crippen molar-refractivity contribution < 1.29 is 13.3 Å². The van der Waals surface area contributed by atoms with Crippen molar-refractivity contribution in [1.82, 2.24) is 0 Å². The molecule has 23 heavy (non-hydrogen) atoms. The fourth-order valence-corrected chi connectivity index (χ4v) is 4.28. The van der Waals surface area contributed by atoms with Crippen LogP contribution in [0, 0.1) is 0 Å². The van der Waals surface area contributed by atoms with E-state index in [0.717, 1.165) is 23.4 Å². The van der Waals surface area contributed by atoms with E-state index in [1.165, 1.54) is 5.56 Å². The normalized spacial score (nSPS) is 33.8. The molecule has 2 aliphatic rings. The molecular weight excluding hydrogens is 284 g/mol. The Hall–Kier alpha value is -2.00. The Morgan fingerprint density at radius 2 is 2.13 bits per heavy atom. The van der Waals surface area contributed by atoms with E-state index >= 15 is 0 Å². The number of nitrogens with zero attached hydrogens (tertiary/aromatic N) is 1. The summed E-state index contributed by atoms with van der Waals surface area (Å²) in [6.07, 6.45) is 0.646. The number of methoxy groups -OCH3 is 1. The first-order valence-corrected chi connectivity index (χ1v) is 8.16. The maximum atomic E-state index is 8.39. The van der Waals surface area contributed by atoms with Gasteiger partial charge in [-0.3, -0.25) is 0 Å². The summed E-state index contributed by atoms with van der Waals surface area (Å²) in [5.74, 6) is 0.814. The summed E-state index contributed by atoms with van der Waals surface area (Å²) < 4.78 is 30.6. The van der Waals surface area contributed by atoms with Crippen LogP contribution in [-0.4, -0.2) is 31.3 Å². The Morgan fingerprint density at radius 1 is 1.30 bits per heavy atom. The summed E-state index contributed by atoms with van der Waals surface area (Å²) in [4.78, 5) is 0. The van der Waals surface area contributed by atoms with Crippen LogP contribution in [0.3, 0.4) is 0 Å². The van der Waals surface area contributed by atoms with Crippen LogP contribution in [0.1, 0.15) is 28.6 Å². The summed E-state index contributed by atoms with van der Waals surface area (Å²) in [6, 6.07) is 16.0. The zero-order valence-electron chi connectivity index (χ0n) is 16.7. The van der Waals surface area contributed by atoms with Crippen molar-refractivity contribution in [2.24, 2.45) is 0 Å². The van der Waals surface area contributed by atoms with Gasteiger partial charge in [-0.2, -0.15) is 0 Å². The summed E-state index contributed by atoms with van der Waals surface area (Å²) in [5, 5.41) is 3.56. The van der Waals surface area contributed by atoms with Crippen LogP contribution in [0.2, 0.25) is 0 Å². The number of ether oxygens (including phenoxy) is 1. The zero-order valence-corrected chi connectivity index (χ0v) is 13.7. The van der Waals surface area contributed by atoms with Gasteiger partial charge in [0.25, 0.3) is 0 Å². The van der Waals surface area contributed by atoms with Gasteiger partial charge in [-0.25, -0.2) is 0 Å². The van der Waals surface area contributed by atoms with Gasteiger partial charge in [0, 0.05) is 17.7 Å². The average molecular weight is 312 g/mol.